The van der Waals surface area contributed by atoms with E-state index in [4.69, 9.17) is 5.73 Å². The summed E-state index contributed by atoms with van der Waals surface area (Å²) in [5.74, 6) is -0.0343. The van der Waals surface area contributed by atoms with Crippen molar-refractivity contribution in [3.8, 4) is 0 Å². The van der Waals surface area contributed by atoms with Crippen LogP contribution in [0.5, 0.6) is 0 Å². The van der Waals surface area contributed by atoms with Crippen LogP contribution in [0.4, 0.5) is 5.95 Å². The third-order valence-electron chi connectivity index (χ3n) is 5.52. The first kappa shape index (κ1) is 20.1. The summed E-state index contributed by atoms with van der Waals surface area (Å²) in [5.41, 5.74) is 5.52. The number of primary amides is 1. The zero-order valence-corrected chi connectivity index (χ0v) is 17.5. The highest BCUT2D eigenvalue weighted by Gasteiger charge is 2.32. The second kappa shape index (κ2) is 7.91. The lowest BCUT2D eigenvalue weighted by Crippen LogP contribution is -2.39. The second-order valence-corrected chi connectivity index (χ2v) is 9.64. The average molecular weight is 422 g/mol. The minimum Gasteiger partial charge on any atom is -0.366 e. The molecule has 0 radical (unpaired) electrons. The van der Waals surface area contributed by atoms with Crippen LogP contribution in [0, 0.1) is 0 Å². The number of carbonyl (C=O) groups is 1. The van der Waals surface area contributed by atoms with Crippen molar-refractivity contribution in [1.82, 2.24) is 14.3 Å². The van der Waals surface area contributed by atoms with E-state index in [2.05, 4.69) is 21.6 Å². The molecule has 1 fully saturated rings. The molecule has 0 bridgehead atoms. The molecule has 1 aliphatic rings. The van der Waals surface area contributed by atoms with E-state index in [1.807, 2.05) is 58.7 Å². The molecule has 154 valence electrons. The van der Waals surface area contributed by atoms with Gasteiger partial charge in [-0.3, -0.25) is 4.79 Å². The topological polar surface area (TPSA) is 92.4 Å². The van der Waals surface area contributed by atoms with Gasteiger partial charge >= 0.3 is 0 Å². The zero-order valence-electron chi connectivity index (χ0n) is 16.7. The maximum Gasteiger partial charge on any atom is 0.251 e. The molecule has 1 saturated heterocycles. The van der Waals surface area contributed by atoms with Gasteiger partial charge in [-0.05, 0) is 40.9 Å². The van der Waals surface area contributed by atoms with Gasteiger partial charge in [-0.2, -0.15) is 0 Å². The Morgan fingerprint density at radius 3 is 2.60 bits per heavy atom. The van der Waals surface area contributed by atoms with Gasteiger partial charge in [-0.25, -0.2) is 18.5 Å². The number of fused-ring (bicyclic) bond motifs is 1. The van der Waals surface area contributed by atoms with Crippen molar-refractivity contribution in [2.75, 3.05) is 25.0 Å². The smallest absolute Gasteiger partial charge is 0.251 e. The third-order valence-corrected chi connectivity index (χ3v) is 7.92. The quantitative estimate of drug-likeness (QED) is 0.637. The first-order valence-corrected chi connectivity index (χ1v) is 11.1. The predicted molar refractivity (Wildman–Crippen MR) is 120 cm³/mol. The number of rotatable bonds is 5. The van der Waals surface area contributed by atoms with Gasteiger partial charge in [0, 0.05) is 38.6 Å². The van der Waals surface area contributed by atoms with Crippen molar-refractivity contribution in [3.63, 3.8) is 0 Å². The molecular formula is C22H23N5O2S. The minimum atomic E-state index is -2.74. The molecule has 30 heavy (non-hydrogen) atoms. The van der Waals surface area contributed by atoms with E-state index in [1.165, 1.54) is 12.4 Å². The van der Waals surface area contributed by atoms with Crippen LogP contribution in [0.15, 0.2) is 66.3 Å². The van der Waals surface area contributed by atoms with E-state index in [1.54, 1.807) is 0 Å². The molecule has 3 aromatic rings. The van der Waals surface area contributed by atoms with Crippen LogP contribution in [-0.4, -0.2) is 55.6 Å². The van der Waals surface area contributed by atoms with E-state index in [0.29, 0.717) is 17.4 Å². The van der Waals surface area contributed by atoms with Gasteiger partial charge < -0.3 is 10.6 Å². The summed E-state index contributed by atoms with van der Waals surface area (Å²) in [7, 11) is -0.891. The van der Waals surface area contributed by atoms with E-state index in [-0.39, 0.29) is 11.6 Å². The van der Waals surface area contributed by atoms with Crippen LogP contribution in [0.2, 0.25) is 0 Å². The molecule has 0 aliphatic carbocycles. The fourth-order valence-corrected chi connectivity index (χ4v) is 5.57. The molecule has 2 unspecified atom stereocenters. The molecule has 1 aliphatic heterocycles. The number of nitrogens with zero attached hydrogens (tertiary/aromatic N) is 4. The number of nitrogens with two attached hydrogens (primary N) is 1. The summed E-state index contributed by atoms with van der Waals surface area (Å²) in [5, 5.41) is 4.94. The summed E-state index contributed by atoms with van der Waals surface area (Å²) in [6, 6.07) is 13.8. The Labute approximate surface area is 176 Å². The number of anilines is 1. The Morgan fingerprint density at radius 2 is 1.93 bits per heavy atom. The molecule has 2 aromatic carbocycles. The van der Waals surface area contributed by atoms with E-state index < -0.39 is 15.6 Å². The Hall–Kier alpha value is -3.19. The number of hydrogen-bond acceptors (Lipinski definition) is 5. The zero-order chi connectivity index (χ0) is 21.3. The molecule has 1 aromatic heterocycles. The van der Waals surface area contributed by atoms with Crippen molar-refractivity contribution in [2.24, 2.45) is 5.73 Å². The highest BCUT2D eigenvalue weighted by Crippen LogP contribution is 2.26. The van der Waals surface area contributed by atoms with Gasteiger partial charge in [0.25, 0.3) is 5.91 Å². The number of benzene rings is 2. The van der Waals surface area contributed by atoms with Crippen LogP contribution in [-0.2, 0) is 9.71 Å². The van der Waals surface area contributed by atoms with Crippen molar-refractivity contribution in [3.05, 3.63) is 67.0 Å². The van der Waals surface area contributed by atoms with Crippen LogP contribution < -0.4 is 10.6 Å². The fourth-order valence-electron chi connectivity index (χ4n) is 3.73. The van der Waals surface area contributed by atoms with Crippen LogP contribution in [0.1, 0.15) is 16.8 Å². The summed E-state index contributed by atoms with van der Waals surface area (Å²) >= 11 is 0. The molecule has 0 spiro atoms. The standard InChI is InChI=1S/C22H23N5O2S/c1-3-30(29,20-9-8-16-6-4-5-7-17(16)12-20)26(2)19-10-11-27(15-19)22-24-13-18(14-25-22)21(23)28/h4-9,12-14,19H,1,10-11,15H2,2H3,(H2,23,28). The molecule has 7 nitrogen and oxygen atoms in total. The minimum absolute atomic E-state index is 0.0117. The first-order chi connectivity index (χ1) is 14.4. The van der Waals surface area contributed by atoms with Crippen molar-refractivity contribution in [2.45, 2.75) is 17.4 Å². The SMILES string of the molecule is C=C=S(=O)(c1ccc2ccccc2c1)N(C)C1CCN(c2ncc(C(N)=O)cn2)C1. The molecule has 2 N–H and O–H groups in total. The Kier molecular flexibility index (Phi) is 5.30. The van der Waals surface area contributed by atoms with Gasteiger partial charge in [0.05, 0.1) is 10.5 Å². The maximum absolute atomic E-state index is 13.9. The van der Waals surface area contributed by atoms with Crippen LogP contribution >= 0.6 is 0 Å². The Balaban J connectivity index is 1.58. The van der Waals surface area contributed by atoms with Gasteiger partial charge in [0.2, 0.25) is 5.95 Å². The lowest BCUT2D eigenvalue weighted by atomic mass is 10.1. The predicted octanol–water partition coefficient (Wildman–Crippen LogP) is 2.08. The van der Waals surface area contributed by atoms with Gasteiger partial charge in [-0.15, -0.1) is 0 Å². The van der Waals surface area contributed by atoms with E-state index in [0.717, 1.165) is 23.7 Å². The van der Waals surface area contributed by atoms with Crippen LogP contribution in [0.3, 0.4) is 0 Å². The first-order valence-electron chi connectivity index (χ1n) is 9.59. The number of carbonyl (C=O) groups excluding carboxylic acids is 1. The molecule has 1 amide bonds. The van der Waals surface area contributed by atoms with Crippen molar-refractivity contribution >= 4 is 37.4 Å². The van der Waals surface area contributed by atoms with Gasteiger partial charge in [-0.1, -0.05) is 30.3 Å². The number of hydrogen-bond donors (Lipinski definition) is 1. The molecule has 0 saturated carbocycles. The molecule has 2 heterocycles. The molecule has 4 rings (SSSR count). The number of likely N-dealkylation sites (N-methyl/N-ethyl adjacent to an activating group) is 1. The largest absolute Gasteiger partial charge is 0.366 e. The summed E-state index contributed by atoms with van der Waals surface area (Å²) in [6.45, 7) is 5.09. The maximum atomic E-state index is 13.9. The highest BCUT2D eigenvalue weighted by atomic mass is 32.2. The monoisotopic (exact) mass is 421 g/mol. The Morgan fingerprint density at radius 1 is 1.23 bits per heavy atom. The van der Waals surface area contributed by atoms with Gasteiger partial charge in [0.1, 0.15) is 9.71 Å². The molecule has 8 heteroatoms. The molecule has 2 atom stereocenters. The summed E-state index contributed by atoms with van der Waals surface area (Å²) in [4.78, 5) is 22.4. The lowest BCUT2D eigenvalue weighted by molar-refractivity contribution is 0.0999. The third kappa shape index (κ3) is 3.57. The number of aromatic nitrogens is 2. The van der Waals surface area contributed by atoms with E-state index >= 15 is 0 Å². The van der Waals surface area contributed by atoms with E-state index in [9.17, 15) is 9.00 Å². The number of amides is 1. The summed E-state index contributed by atoms with van der Waals surface area (Å²) in [6.07, 6.45) is 3.65. The fraction of sp³-hybridized carbons (Fsp3) is 0.227. The highest BCUT2D eigenvalue weighted by molar-refractivity contribution is 7.98. The van der Waals surface area contributed by atoms with Crippen molar-refractivity contribution < 1.29 is 9.00 Å². The Bertz CT molecular complexity index is 1240. The average Bonchev–Trinajstić information content (AvgIpc) is 3.28. The molecular weight excluding hydrogens is 398 g/mol. The second-order valence-electron chi connectivity index (χ2n) is 7.25. The van der Waals surface area contributed by atoms with Crippen molar-refractivity contribution in [1.29, 1.82) is 0 Å². The summed E-state index contributed by atoms with van der Waals surface area (Å²) < 4.78 is 15.8. The lowest BCUT2D eigenvalue weighted by Gasteiger charge is -2.27. The van der Waals surface area contributed by atoms with Crippen LogP contribution in [0.25, 0.3) is 10.8 Å². The normalized spacial score (nSPS) is 18.3. The van der Waals surface area contributed by atoms with Gasteiger partial charge in [0.15, 0.2) is 0 Å².